The normalized spacial score (nSPS) is 22.9. The van der Waals surface area contributed by atoms with E-state index in [9.17, 15) is 0 Å². The first-order chi connectivity index (χ1) is 9.58. The lowest BCUT2D eigenvalue weighted by molar-refractivity contribution is 0.0788. The van der Waals surface area contributed by atoms with Crippen molar-refractivity contribution in [2.45, 2.75) is 57.9 Å². The highest BCUT2D eigenvalue weighted by Crippen LogP contribution is 2.21. The second-order valence-corrected chi connectivity index (χ2v) is 7.58. The van der Waals surface area contributed by atoms with Crippen LogP contribution in [-0.4, -0.2) is 61.7 Å². The SMILES string of the molecule is CN(CC1CCNCC1)C(C)(C)CN1CCCCCC1.Cl. The van der Waals surface area contributed by atoms with Gasteiger partial charge < -0.3 is 10.2 Å². The molecule has 0 bridgehead atoms. The minimum absolute atomic E-state index is 0. The third-order valence-corrected chi connectivity index (χ3v) is 5.33. The molecule has 1 N–H and O–H groups in total. The summed E-state index contributed by atoms with van der Waals surface area (Å²) in [5.41, 5.74) is 0.301. The van der Waals surface area contributed by atoms with Crippen LogP contribution in [0.15, 0.2) is 0 Å². The van der Waals surface area contributed by atoms with Gasteiger partial charge in [-0.15, -0.1) is 12.4 Å². The Morgan fingerprint density at radius 1 is 1.05 bits per heavy atom. The number of likely N-dealkylation sites (tertiary alicyclic amines) is 1. The minimum Gasteiger partial charge on any atom is -0.317 e. The molecule has 0 amide bonds. The molecule has 0 radical (unpaired) electrons. The number of halogens is 1. The molecule has 0 aliphatic carbocycles. The Bertz CT molecular complexity index is 269. The summed E-state index contributed by atoms with van der Waals surface area (Å²) in [6.07, 6.45) is 8.36. The molecule has 2 fully saturated rings. The molecule has 0 spiro atoms. The summed E-state index contributed by atoms with van der Waals surface area (Å²) in [7, 11) is 2.33. The average molecular weight is 318 g/mol. The van der Waals surface area contributed by atoms with Crippen molar-refractivity contribution in [1.82, 2.24) is 15.1 Å². The van der Waals surface area contributed by atoms with Gasteiger partial charge in [0, 0.05) is 18.6 Å². The molecule has 21 heavy (non-hydrogen) atoms. The van der Waals surface area contributed by atoms with Crippen molar-refractivity contribution in [3.05, 3.63) is 0 Å². The van der Waals surface area contributed by atoms with Gasteiger partial charge in [0.05, 0.1) is 0 Å². The lowest BCUT2D eigenvalue weighted by atomic mass is 9.94. The van der Waals surface area contributed by atoms with Crippen molar-refractivity contribution in [3.63, 3.8) is 0 Å². The highest BCUT2D eigenvalue weighted by atomic mass is 35.5. The van der Waals surface area contributed by atoms with Crippen LogP contribution in [0.5, 0.6) is 0 Å². The van der Waals surface area contributed by atoms with Gasteiger partial charge in [0.25, 0.3) is 0 Å². The van der Waals surface area contributed by atoms with Crippen molar-refractivity contribution < 1.29 is 0 Å². The second kappa shape index (κ2) is 9.34. The minimum atomic E-state index is 0. The number of hydrogen-bond acceptors (Lipinski definition) is 3. The van der Waals surface area contributed by atoms with Gasteiger partial charge in [0.1, 0.15) is 0 Å². The molecule has 2 aliphatic rings. The summed E-state index contributed by atoms with van der Waals surface area (Å²) in [6.45, 7) is 12.4. The lowest BCUT2D eigenvalue weighted by Gasteiger charge is -2.41. The Morgan fingerprint density at radius 2 is 1.62 bits per heavy atom. The van der Waals surface area contributed by atoms with Crippen molar-refractivity contribution in [1.29, 1.82) is 0 Å². The first kappa shape index (κ1) is 19.2. The number of hydrogen-bond donors (Lipinski definition) is 1. The molecule has 126 valence electrons. The van der Waals surface area contributed by atoms with Crippen LogP contribution in [0.25, 0.3) is 0 Å². The van der Waals surface area contributed by atoms with E-state index < -0.39 is 0 Å². The third kappa shape index (κ3) is 6.43. The Kier molecular flexibility index (Phi) is 8.55. The Labute approximate surface area is 138 Å². The molecule has 2 heterocycles. The topological polar surface area (TPSA) is 18.5 Å². The largest absolute Gasteiger partial charge is 0.317 e. The molecule has 0 aromatic heterocycles. The first-order valence-corrected chi connectivity index (χ1v) is 8.72. The van der Waals surface area contributed by atoms with Gasteiger partial charge in [-0.05, 0) is 78.7 Å². The van der Waals surface area contributed by atoms with E-state index in [4.69, 9.17) is 0 Å². The molecule has 3 nitrogen and oxygen atoms in total. The summed E-state index contributed by atoms with van der Waals surface area (Å²) in [6, 6.07) is 0. The van der Waals surface area contributed by atoms with Crippen molar-refractivity contribution in [2.75, 3.05) is 46.3 Å². The van der Waals surface area contributed by atoms with E-state index in [0.717, 1.165) is 5.92 Å². The van der Waals surface area contributed by atoms with Gasteiger partial charge >= 0.3 is 0 Å². The number of piperidine rings is 1. The Hall–Kier alpha value is 0.170. The van der Waals surface area contributed by atoms with Gasteiger partial charge in [-0.25, -0.2) is 0 Å². The van der Waals surface area contributed by atoms with Gasteiger partial charge in [-0.2, -0.15) is 0 Å². The van der Waals surface area contributed by atoms with E-state index in [1.807, 2.05) is 0 Å². The molecule has 0 aromatic carbocycles. The first-order valence-electron chi connectivity index (χ1n) is 8.72. The molecule has 0 unspecified atom stereocenters. The number of rotatable bonds is 5. The molecule has 2 saturated heterocycles. The van der Waals surface area contributed by atoms with Crippen LogP contribution in [-0.2, 0) is 0 Å². The molecule has 0 saturated carbocycles. The Balaban J connectivity index is 0.00000220. The van der Waals surface area contributed by atoms with Gasteiger partial charge in [0.15, 0.2) is 0 Å². The van der Waals surface area contributed by atoms with E-state index in [-0.39, 0.29) is 12.4 Å². The summed E-state index contributed by atoms with van der Waals surface area (Å²) in [5, 5.41) is 3.47. The maximum absolute atomic E-state index is 3.47. The zero-order valence-electron chi connectivity index (χ0n) is 14.4. The van der Waals surface area contributed by atoms with E-state index >= 15 is 0 Å². The highest BCUT2D eigenvalue weighted by Gasteiger charge is 2.28. The van der Waals surface area contributed by atoms with Crippen LogP contribution >= 0.6 is 12.4 Å². The molecule has 0 aromatic rings. The zero-order valence-corrected chi connectivity index (χ0v) is 15.2. The summed E-state index contributed by atoms with van der Waals surface area (Å²) >= 11 is 0. The second-order valence-electron chi connectivity index (χ2n) is 7.58. The molecule has 2 rings (SSSR count). The van der Waals surface area contributed by atoms with Gasteiger partial charge in [0.2, 0.25) is 0 Å². The third-order valence-electron chi connectivity index (χ3n) is 5.33. The average Bonchev–Trinajstić information content (AvgIpc) is 2.68. The Morgan fingerprint density at radius 3 is 2.19 bits per heavy atom. The number of likely N-dealkylation sites (N-methyl/N-ethyl adjacent to an activating group) is 1. The lowest BCUT2D eigenvalue weighted by Crippen LogP contribution is -2.52. The molecule has 4 heteroatoms. The standard InChI is InChI=1S/C17H35N3.ClH/c1-17(2,15-20-12-6-4-5-7-13-20)19(3)14-16-8-10-18-11-9-16;/h16,18H,4-15H2,1-3H3;1H. The van der Waals surface area contributed by atoms with E-state index in [0.29, 0.717) is 5.54 Å². The zero-order chi connectivity index (χ0) is 14.4. The fraction of sp³-hybridized carbons (Fsp3) is 1.00. The summed E-state index contributed by atoms with van der Waals surface area (Å²) in [5.74, 6) is 0.893. The fourth-order valence-corrected chi connectivity index (χ4v) is 3.66. The number of nitrogens with zero attached hydrogens (tertiary/aromatic N) is 2. The van der Waals surface area contributed by atoms with E-state index in [1.54, 1.807) is 0 Å². The van der Waals surface area contributed by atoms with E-state index in [2.05, 4.69) is 36.0 Å². The molecular formula is C17H36ClN3. The van der Waals surface area contributed by atoms with Crippen molar-refractivity contribution in [2.24, 2.45) is 5.92 Å². The maximum Gasteiger partial charge on any atom is 0.0277 e. The highest BCUT2D eigenvalue weighted by molar-refractivity contribution is 5.85. The predicted molar refractivity (Wildman–Crippen MR) is 94.5 cm³/mol. The van der Waals surface area contributed by atoms with Crippen molar-refractivity contribution >= 4 is 12.4 Å². The molecule has 2 aliphatic heterocycles. The van der Waals surface area contributed by atoms with Crippen LogP contribution in [0, 0.1) is 5.92 Å². The summed E-state index contributed by atoms with van der Waals surface area (Å²) in [4.78, 5) is 5.32. The fourth-order valence-electron chi connectivity index (χ4n) is 3.66. The molecular weight excluding hydrogens is 282 g/mol. The summed E-state index contributed by atoms with van der Waals surface area (Å²) < 4.78 is 0. The van der Waals surface area contributed by atoms with Crippen LogP contribution in [0.1, 0.15) is 52.4 Å². The quantitative estimate of drug-likeness (QED) is 0.841. The van der Waals surface area contributed by atoms with Crippen LogP contribution in [0.3, 0.4) is 0 Å². The molecule has 0 atom stereocenters. The number of nitrogens with one attached hydrogen (secondary N) is 1. The van der Waals surface area contributed by atoms with Gasteiger partial charge in [-0.1, -0.05) is 12.8 Å². The van der Waals surface area contributed by atoms with Gasteiger partial charge in [-0.3, -0.25) is 4.90 Å². The smallest absolute Gasteiger partial charge is 0.0277 e. The van der Waals surface area contributed by atoms with Crippen LogP contribution in [0.4, 0.5) is 0 Å². The maximum atomic E-state index is 3.47. The van der Waals surface area contributed by atoms with Crippen LogP contribution in [0.2, 0.25) is 0 Å². The monoisotopic (exact) mass is 317 g/mol. The predicted octanol–water partition coefficient (Wildman–Crippen LogP) is 2.99. The van der Waals surface area contributed by atoms with E-state index in [1.165, 1.54) is 77.8 Å². The van der Waals surface area contributed by atoms with Crippen molar-refractivity contribution in [3.8, 4) is 0 Å². The van der Waals surface area contributed by atoms with Crippen LogP contribution < -0.4 is 5.32 Å².